The summed E-state index contributed by atoms with van der Waals surface area (Å²) in [6.45, 7) is 11.0. The van der Waals surface area contributed by atoms with Crippen LogP contribution in [-0.2, 0) is 13.0 Å². The number of aryl methyl sites for hydroxylation is 1. The fourth-order valence-corrected chi connectivity index (χ4v) is 4.51. The highest BCUT2D eigenvalue weighted by atomic mass is 16.6. The number of hydrogen-bond donors (Lipinski definition) is 3. The molecular weight excluding hydrogens is 528 g/mol. The molecule has 0 aromatic carbocycles. The average molecular weight is 563 g/mol. The minimum Gasteiger partial charge on any atom is -0.475 e. The zero-order valence-electron chi connectivity index (χ0n) is 23.9. The monoisotopic (exact) mass is 562 g/mol. The SMILES string of the molecule is CCn1c(-c2nonc2N)nc2c(C#CC(C)(C)O)nc(OC[C@H](Cc3cccnc3)N(C(=O)O)C(C)(C)C)cc21. The van der Waals surface area contributed by atoms with E-state index in [9.17, 15) is 15.0 Å². The van der Waals surface area contributed by atoms with Crippen LogP contribution in [0.15, 0.2) is 35.2 Å². The van der Waals surface area contributed by atoms with E-state index in [0.29, 0.717) is 29.8 Å². The Kier molecular flexibility index (Phi) is 8.16. The summed E-state index contributed by atoms with van der Waals surface area (Å²) in [4.78, 5) is 27.2. The lowest BCUT2D eigenvalue weighted by molar-refractivity contribution is 0.0504. The second-order valence-corrected chi connectivity index (χ2v) is 11.0. The van der Waals surface area contributed by atoms with Crippen molar-refractivity contribution < 1.29 is 24.4 Å². The van der Waals surface area contributed by atoms with Crippen LogP contribution in [0.3, 0.4) is 0 Å². The maximum atomic E-state index is 12.4. The molecule has 41 heavy (non-hydrogen) atoms. The number of imidazole rings is 1. The number of carbonyl (C=O) groups is 1. The first-order valence-electron chi connectivity index (χ1n) is 13.1. The number of rotatable bonds is 8. The van der Waals surface area contributed by atoms with Crippen LogP contribution >= 0.6 is 0 Å². The van der Waals surface area contributed by atoms with Crippen molar-refractivity contribution in [3.8, 4) is 29.2 Å². The Balaban J connectivity index is 1.80. The Labute approximate surface area is 237 Å². The Morgan fingerprint density at radius 1 is 1.24 bits per heavy atom. The summed E-state index contributed by atoms with van der Waals surface area (Å²) >= 11 is 0. The Morgan fingerprint density at radius 3 is 2.56 bits per heavy atom. The summed E-state index contributed by atoms with van der Waals surface area (Å²) in [5.74, 6) is 6.39. The van der Waals surface area contributed by atoms with Crippen LogP contribution in [0.2, 0.25) is 0 Å². The van der Waals surface area contributed by atoms with Crippen LogP contribution in [0.5, 0.6) is 5.88 Å². The standard InChI is InChI=1S/C28H34N8O5/c1-7-35-20-14-21(40-16-18(13-17-9-8-12-30-15-17)36(26(37)38)27(2,3)4)31-19(10-11-28(5,6)39)22(20)32-25(35)23-24(29)34-41-33-23/h8-9,12,14-15,18,39H,7,13,16H2,1-6H3,(H2,29,34)(H,37,38)/t18-/m0/s1. The van der Waals surface area contributed by atoms with Gasteiger partial charge in [-0.15, -0.1) is 0 Å². The fraction of sp³-hybridized carbons (Fsp3) is 0.429. The summed E-state index contributed by atoms with van der Waals surface area (Å²) in [5, 5.41) is 27.9. The van der Waals surface area contributed by atoms with Crippen molar-refractivity contribution in [2.75, 3.05) is 12.3 Å². The van der Waals surface area contributed by atoms with Crippen molar-refractivity contribution in [2.45, 2.75) is 71.7 Å². The minimum absolute atomic E-state index is 0.00259. The van der Waals surface area contributed by atoms with Gasteiger partial charge in [-0.3, -0.25) is 9.88 Å². The van der Waals surface area contributed by atoms with Gasteiger partial charge in [-0.1, -0.05) is 12.0 Å². The Morgan fingerprint density at radius 2 is 2.00 bits per heavy atom. The number of fused-ring (bicyclic) bond motifs is 1. The van der Waals surface area contributed by atoms with E-state index in [2.05, 4.69) is 37.1 Å². The van der Waals surface area contributed by atoms with Crippen LogP contribution in [-0.4, -0.2) is 74.8 Å². The number of amides is 1. The van der Waals surface area contributed by atoms with E-state index in [-0.39, 0.29) is 29.7 Å². The lowest BCUT2D eigenvalue weighted by Crippen LogP contribution is -2.54. The molecule has 4 aromatic heterocycles. The molecule has 0 unspecified atom stereocenters. The summed E-state index contributed by atoms with van der Waals surface area (Å²) in [5.41, 5.74) is 6.44. The molecule has 4 rings (SSSR count). The van der Waals surface area contributed by atoms with E-state index in [1.165, 1.54) is 4.90 Å². The molecule has 4 aromatic rings. The molecule has 0 bridgehead atoms. The first-order valence-corrected chi connectivity index (χ1v) is 13.1. The molecule has 0 aliphatic rings. The van der Waals surface area contributed by atoms with Gasteiger partial charge in [0.25, 0.3) is 0 Å². The quantitative estimate of drug-likeness (QED) is 0.268. The molecule has 13 heteroatoms. The third kappa shape index (κ3) is 6.72. The summed E-state index contributed by atoms with van der Waals surface area (Å²) < 4.78 is 12.8. The van der Waals surface area contributed by atoms with Gasteiger partial charge in [0.15, 0.2) is 17.3 Å². The number of nitrogens with two attached hydrogens (primary N) is 1. The van der Waals surface area contributed by atoms with Crippen LogP contribution in [0.1, 0.15) is 52.8 Å². The normalized spacial score (nSPS) is 12.6. The zero-order valence-corrected chi connectivity index (χ0v) is 23.9. The van der Waals surface area contributed by atoms with Gasteiger partial charge in [0, 0.05) is 30.5 Å². The largest absolute Gasteiger partial charge is 0.475 e. The fourth-order valence-electron chi connectivity index (χ4n) is 4.51. The maximum Gasteiger partial charge on any atom is 0.408 e. The molecule has 4 N–H and O–H groups in total. The van der Waals surface area contributed by atoms with E-state index in [4.69, 9.17) is 15.1 Å². The van der Waals surface area contributed by atoms with Gasteiger partial charge < -0.3 is 25.3 Å². The van der Waals surface area contributed by atoms with Crippen molar-refractivity contribution in [2.24, 2.45) is 0 Å². The predicted octanol–water partition coefficient (Wildman–Crippen LogP) is 3.37. The minimum atomic E-state index is -1.29. The molecular formula is C28H34N8O5. The van der Waals surface area contributed by atoms with Crippen molar-refractivity contribution in [1.29, 1.82) is 0 Å². The Hall–Kier alpha value is -4.70. The van der Waals surface area contributed by atoms with Crippen molar-refractivity contribution in [1.82, 2.24) is 34.7 Å². The summed E-state index contributed by atoms with van der Waals surface area (Å²) in [7, 11) is 0. The number of carboxylic acid groups (broad SMARTS) is 1. The lowest BCUT2D eigenvalue weighted by atomic mass is 9.99. The summed E-state index contributed by atoms with van der Waals surface area (Å²) in [6.07, 6.45) is 2.68. The highest BCUT2D eigenvalue weighted by molar-refractivity contribution is 5.86. The van der Waals surface area contributed by atoms with Gasteiger partial charge >= 0.3 is 6.09 Å². The second kappa shape index (κ2) is 11.4. The van der Waals surface area contributed by atoms with Gasteiger partial charge in [0.2, 0.25) is 5.88 Å². The number of pyridine rings is 2. The van der Waals surface area contributed by atoms with E-state index < -0.39 is 23.3 Å². The molecule has 0 spiro atoms. The average Bonchev–Trinajstić information content (AvgIpc) is 3.47. The van der Waals surface area contributed by atoms with E-state index in [0.717, 1.165) is 5.56 Å². The number of nitrogens with zero attached hydrogens (tertiary/aromatic N) is 7. The van der Waals surface area contributed by atoms with Crippen LogP contribution in [0.25, 0.3) is 22.6 Å². The second-order valence-electron chi connectivity index (χ2n) is 11.0. The van der Waals surface area contributed by atoms with Gasteiger partial charge in [-0.25, -0.2) is 19.4 Å². The molecule has 1 amide bonds. The number of anilines is 1. The molecule has 0 saturated heterocycles. The van der Waals surface area contributed by atoms with Crippen LogP contribution in [0.4, 0.5) is 10.6 Å². The molecule has 4 heterocycles. The molecule has 0 aliphatic carbocycles. The third-order valence-corrected chi connectivity index (χ3v) is 6.15. The maximum absolute atomic E-state index is 12.4. The van der Waals surface area contributed by atoms with E-state index >= 15 is 0 Å². The number of ether oxygens (including phenoxy) is 1. The molecule has 216 valence electrons. The lowest BCUT2D eigenvalue weighted by Gasteiger charge is -2.39. The van der Waals surface area contributed by atoms with E-state index in [1.54, 1.807) is 38.4 Å². The zero-order chi connectivity index (χ0) is 29.9. The highest BCUT2D eigenvalue weighted by Crippen LogP contribution is 2.30. The summed E-state index contributed by atoms with van der Waals surface area (Å²) in [6, 6.07) is 4.84. The highest BCUT2D eigenvalue weighted by Gasteiger charge is 2.34. The van der Waals surface area contributed by atoms with Crippen molar-refractivity contribution in [3.05, 3.63) is 41.9 Å². The number of hydrogen-bond acceptors (Lipinski definition) is 10. The predicted molar refractivity (Wildman–Crippen MR) is 151 cm³/mol. The van der Waals surface area contributed by atoms with Crippen LogP contribution in [0, 0.1) is 11.8 Å². The number of nitrogen functional groups attached to an aromatic ring is 1. The van der Waals surface area contributed by atoms with Crippen LogP contribution < -0.4 is 10.5 Å². The molecule has 0 aliphatic heterocycles. The van der Waals surface area contributed by atoms with Crippen molar-refractivity contribution >= 4 is 22.9 Å². The molecule has 0 saturated carbocycles. The van der Waals surface area contributed by atoms with Gasteiger partial charge in [-0.05, 0) is 75.8 Å². The molecule has 1 atom stereocenters. The third-order valence-electron chi connectivity index (χ3n) is 6.15. The first-order chi connectivity index (χ1) is 19.3. The first kappa shape index (κ1) is 29.3. The van der Waals surface area contributed by atoms with Gasteiger partial charge in [0.05, 0.1) is 11.6 Å². The van der Waals surface area contributed by atoms with Gasteiger partial charge in [0.1, 0.15) is 23.4 Å². The molecule has 0 fully saturated rings. The topological polar surface area (TPSA) is 179 Å². The van der Waals surface area contributed by atoms with E-state index in [1.807, 2.05) is 38.3 Å². The number of aromatic nitrogens is 6. The van der Waals surface area contributed by atoms with Crippen molar-refractivity contribution in [3.63, 3.8) is 0 Å². The number of aliphatic hydroxyl groups is 1. The molecule has 13 nitrogen and oxygen atoms in total. The Bertz CT molecular complexity index is 1590. The molecule has 0 radical (unpaired) electrons. The smallest absolute Gasteiger partial charge is 0.408 e. The van der Waals surface area contributed by atoms with Gasteiger partial charge in [-0.2, -0.15) is 0 Å².